The van der Waals surface area contributed by atoms with Gasteiger partial charge in [0, 0.05) is 23.9 Å². The first-order valence-corrected chi connectivity index (χ1v) is 10.9. The minimum absolute atomic E-state index is 0.0733. The molecular weight excluding hydrogens is 392 g/mol. The minimum Gasteiger partial charge on any atom is -0.355 e. The molecule has 0 heterocycles. The molecule has 2 aromatic rings. The van der Waals surface area contributed by atoms with Crippen molar-refractivity contribution in [2.24, 2.45) is 0 Å². The highest BCUT2D eigenvalue weighted by Gasteiger charge is 2.26. The Kier molecular flexibility index (Phi) is 8.87. The molecule has 2 amide bonds. The minimum atomic E-state index is -0.566. The lowest BCUT2D eigenvalue weighted by Gasteiger charge is -2.29. The number of thioether (sulfide) groups is 1. The zero-order chi connectivity index (χ0) is 20.5. The maximum absolute atomic E-state index is 12.9. The number of amides is 2. The molecule has 4 nitrogen and oxygen atoms in total. The average molecular weight is 419 g/mol. The predicted molar refractivity (Wildman–Crippen MR) is 117 cm³/mol. The molecule has 6 heteroatoms. The van der Waals surface area contributed by atoms with Crippen LogP contribution in [0.2, 0.25) is 5.02 Å². The Hall–Kier alpha value is -1.98. The zero-order valence-electron chi connectivity index (χ0n) is 16.6. The fraction of sp³-hybridized carbons (Fsp3) is 0.364. The van der Waals surface area contributed by atoms with Gasteiger partial charge in [-0.2, -0.15) is 0 Å². The summed E-state index contributed by atoms with van der Waals surface area (Å²) in [6.07, 6.45) is 0. The maximum atomic E-state index is 12.9. The second-order valence-electron chi connectivity index (χ2n) is 6.66. The van der Waals surface area contributed by atoms with E-state index in [1.165, 1.54) is 11.1 Å². The number of aryl methyl sites for hydroxylation is 1. The van der Waals surface area contributed by atoms with Crippen molar-refractivity contribution in [1.29, 1.82) is 0 Å². The average Bonchev–Trinajstić information content (AvgIpc) is 2.68. The Labute approximate surface area is 176 Å². The first-order chi connectivity index (χ1) is 13.4. The van der Waals surface area contributed by atoms with E-state index in [-0.39, 0.29) is 11.8 Å². The van der Waals surface area contributed by atoms with Crippen molar-refractivity contribution < 1.29 is 9.59 Å². The first-order valence-electron chi connectivity index (χ1n) is 9.36. The lowest BCUT2D eigenvalue weighted by molar-refractivity contribution is -0.138. The molecule has 0 aliphatic heterocycles. The number of nitrogens with one attached hydrogen (secondary N) is 1. The molecule has 2 rings (SSSR count). The molecule has 0 aliphatic carbocycles. The molecule has 1 atom stereocenters. The monoisotopic (exact) mass is 418 g/mol. The van der Waals surface area contributed by atoms with E-state index in [1.54, 1.807) is 29.7 Å². The van der Waals surface area contributed by atoms with Crippen molar-refractivity contribution in [3.8, 4) is 0 Å². The number of likely N-dealkylation sites (N-methyl/N-ethyl adjacent to an activating group) is 1. The highest BCUT2D eigenvalue weighted by Crippen LogP contribution is 2.20. The molecule has 0 aromatic heterocycles. The van der Waals surface area contributed by atoms with Crippen LogP contribution in [-0.2, 0) is 21.9 Å². The Balaban J connectivity index is 2.06. The summed E-state index contributed by atoms with van der Waals surface area (Å²) in [5.74, 6) is 0.825. The van der Waals surface area contributed by atoms with Crippen molar-refractivity contribution >= 4 is 35.2 Å². The highest BCUT2D eigenvalue weighted by molar-refractivity contribution is 7.99. The Bertz CT molecular complexity index is 795. The number of hydrogen-bond donors (Lipinski definition) is 1. The predicted octanol–water partition coefficient (Wildman–Crippen LogP) is 4.44. The van der Waals surface area contributed by atoms with Gasteiger partial charge in [-0.1, -0.05) is 59.6 Å². The van der Waals surface area contributed by atoms with Gasteiger partial charge in [-0.15, -0.1) is 11.8 Å². The third kappa shape index (κ3) is 6.57. The molecule has 0 spiro atoms. The summed E-state index contributed by atoms with van der Waals surface area (Å²) in [6, 6.07) is 15.1. The third-order valence-corrected chi connectivity index (χ3v) is 5.79. The van der Waals surface area contributed by atoms with Gasteiger partial charge in [-0.25, -0.2) is 0 Å². The first kappa shape index (κ1) is 22.3. The van der Waals surface area contributed by atoms with Crippen LogP contribution in [0.4, 0.5) is 0 Å². The van der Waals surface area contributed by atoms with Crippen molar-refractivity contribution in [1.82, 2.24) is 10.2 Å². The molecule has 150 valence electrons. The SMILES string of the molecule is CCNC(=O)C(C)N(Cc1ccccc1Cl)C(=O)CSCc1ccc(C)cc1. The van der Waals surface area contributed by atoms with Crippen molar-refractivity contribution in [3.05, 3.63) is 70.2 Å². The second kappa shape index (κ2) is 11.1. The molecule has 0 bridgehead atoms. The molecular formula is C22H27ClN2O2S. The third-order valence-electron chi connectivity index (χ3n) is 4.43. The standard InChI is InChI=1S/C22H27ClN2O2S/c1-4-24-22(27)17(3)25(13-19-7-5-6-8-20(19)23)21(26)15-28-14-18-11-9-16(2)10-12-18/h5-12,17H,4,13-15H2,1-3H3,(H,24,27). The number of rotatable bonds is 9. The van der Waals surface area contributed by atoms with Crippen LogP contribution in [0.15, 0.2) is 48.5 Å². The Morgan fingerprint density at radius 2 is 1.82 bits per heavy atom. The van der Waals surface area contributed by atoms with Crippen molar-refractivity contribution in [2.75, 3.05) is 12.3 Å². The van der Waals surface area contributed by atoms with Crippen LogP contribution >= 0.6 is 23.4 Å². The summed E-state index contributed by atoms with van der Waals surface area (Å²) < 4.78 is 0. The summed E-state index contributed by atoms with van der Waals surface area (Å²) in [7, 11) is 0. The fourth-order valence-corrected chi connectivity index (χ4v) is 3.80. The number of benzene rings is 2. The van der Waals surface area contributed by atoms with Crippen LogP contribution in [0.25, 0.3) is 0 Å². The smallest absolute Gasteiger partial charge is 0.242 e. The van der Waals surface area contributed by atoms with Crippen molar-refractivity contribution in [3.63, 3.8) is 0 Å². The maximum Gasteiger partial charge on any atom is 0.242 e. The van der Waals surface area contributed by atoms with Crippen LogP contribution in [-0.4, -0.2) is 35.1 Å². The van der Waals surface area contributed by atoms with Crippen LogP contribution in [0.1, 0.15) is 30.5 Å². The van der Waals surface area contributed by atoms with Gasteiger partial charge in [0.2, 0.25) is 11.8 Å². The summed E-state index contributed by atoms with van der Waals surface area (Å²) >= 11 is 7.82. The zero-order valence-corrected chi connectivity index (χ0v) is 18.1. The van der Waals surface area contributed by atoms with Crippen LogP contribution < -0.4 is 5.32 Å². The number of nitrogens with zero attached hydrogens (tertiary/aromatic N) is 1. The fourth-order valence-electron chi connectivity index (χ4n) is 2.74. The summed E-state index contributed by atoms with van der Waals surface area (Å²) in [5, 5.41) is 3.39. The van der Waals surface area contributed by atoms with E-state index in [4.69, 9.17) is 11.6 Å². The molecule has 1 unspecified atom stereocenters. The molecule has 0 radical (unpaired) electrons. The number of carbonyl (C=O) groups is 2. The summed E-state index contributed by atoms with van der Waals surface area (Å²) in [5.41, 5.74) is 3.22. The highest BCUT2D eigenvalue weighted by atomic mass is 35.5. The van der Waals surface area contributed by atoms with Gasteiger partial charge in [-0.05, 0) is 38.0 Å². The van der Waals surface area contributed by atoms with E-state index in [1.807, 2.05) is 25.1 Å². The quantitative estimate of drug-likeness (QED) is 0.655. The van der Waals surface area contributed by atoms with Crippen LogP contribution in [0, 0.1) is 6.92 Å². The molecule has 28 heavy (non-hydrogen) atoms. The Morgan fingerprint density at radius 3 is 2.46 bits per heavy atom. The van der Waals surface area contributed by atoms with Gasteiger partial charge >= 0.3 is 0 Å². The van der Waals surface area contributed by atoms with Gasteiger partial charge in [0.1, 0.15) is 6.04 Å². The summed E-state index contributed by atoms with van der Waals surface area (Å²) in [6.45, 7) is 6.50. The molecule has 0 saturated heterocycles. The Morgan fingerprint density at radius 1 is 1.14 bits per heavy atom. The molecule has 2 aromatic carbocycles. The topological polar surface area (TPSA) is 49.4 Å². The van der Waals surface area contributed by atoms with E-state index in [2.05, 4.69) is 36.5 Å². The van der Waals surface area contributed by atoms with E-state index in [9.17, 15) is 9.59 Å². The van der Waals surface area contributed by atoms with Crippen LogP contribution in [0.3, 0.4) is 0 Å². The number of carbonyl (C=O) groups excluding carboxylic acids is 2. The van der Waals surface area contributed by atoms with Gasteiger partial charge in [0.05, 0.1) is 5.75 Å². The van der Waals surface area contributed by atoms with Crippen molar-refractivity contribution in [2.45, 2.75) is 39.1 Å². The largest absolute Gasteiger partial charge is 0.355 e. The lowest BCUT2D eigenvalue weighted by Crippen LogP contribution is -2.48. The lowest BCUT2D eigenvalue weighted by atomic mass is 10.1. The van der Waals surface area contributed by atoms with Gasteiger partial charge in [0.15, 0.2) is 0 Å². The molecule has 1 N–H and O–H groups in total. The van der Waals surface area contributed by atoms with E-state index >= 15 is 0 Å². The van der Waals surface area contributed by atoms with E-state index in [0.29, 0.717) is 23.9 Å². The summed E-state index contributed by atoms with van der Waals surface area (Å²) in [4.78, 5) is 26.9. The normalized spacial score (nSPS) is 11.7. The van der Waals surface area contributed by atoms with Crippen LogP contribution in [0.5, 0.6) is 0 Å². The van der Waals surface area contributed by atoms with E-state index in [0.717, 1.165) is 11.3 Å². The van der Waals surface area contributed by atoms with E-state index < -0.39 is 6.04 Å². The number of halogens is 1. The molecule has 0 fully saturated rings. The van der Waals surface area contributed by atoms with Gasteiger partial charge < -0.3 is 10.2 Å². The molecule has 0 aliphatic rings. The van der Waals surface area contributed by atoms with Gasteiger partial charge in [0.25, 0.3) is 0 Å². The second-order valence-corrected chi connectivity index (χ2v) is 8.05. The molecule has 0 saturated carbocycles. The van der Waals surface area contributed by atoms with Gasteiger partial charge in [-0.3, -0.25) is 9.59 Å². The number of hydrogen-bond acceptors (Lipinski definition) is 3.